The average molecular weight is 532 g/mol. The molecule has 1 atom stereocenters. The lowest BCUT2D eigenvalue weighted by molar-refractivity contribution is -0.113. The van der Waals surface area contributed by atoms with Crippen molar-refractivity contribution in [2.75, 3.05) is 24.9 Å². The Morgan fingerprint density at radius 3 is 2.61 bits per heavy atom. The zero-order chi connectivity index (χ0) is 26.6. The van der Waals surface area contributed by atoms with E-state index in [9.17, 15) is 4.79 Å². The minimum Gasteiger partial charge on any atom is -0.495 e. The predicted octanol–water partition coefficient (Wildman–Crippen LogP) is 5.46. The Morgan fingerprint density at radius 1 is 1.05 bits per heavy atom. The summed E-state index contributed by atoms with van der Waals surface area (Å²) >= 11 is 6.25. The molecule has 0 spiro atoms. The van der Waals surface area contributed by atoms with Gasteiger partial charge in [0.2, 0.25) is 5.95 Å². The fraction of sp³-hybridized carbons (Fsp3) is 0.179. The molecule has 0 fully saturated rings. The van der Waals surface area contributed by atoms with E-state index in [-0.39, 0.29) is 5.91 Å². The van der Waals surface area contributed by atoms with Crippen LogP contribution in [0.2, 0.25) is 5.02 Å². The lowest BCUT2D eigenvalue weighted by atomic mass is 9.94. The van der Waals surface area contributed by atoms with Crippen molar-refractivity contribution in [1.29, 1.82) is 0 Å². The molecule has 194 valence electrons. The van der Waals surface area contributed by atoms with Crippen molar-refractivity contribution in [3.8, 4) is 17.2 Å². The molecule has 4 aromatic rings. The smallest absolute Gasteiger partial charge is 0.255 e. The standard InChI is InChI=1S/C28H26ClN5O4/c1-17-25(27(35)33-22-14-23(36-2)21(29)13-24(22)37-3)26(34-28(32-17)30-16-31-34)19-10-7-11-20(12-19)38-15-18-8-5-4-6-9-18/h4-14,16,26H,15H2,1-3H3,(H,33,35)(H,30,31,32)/t26-/m1/s1. The number of methoxy groups -OCH3 is 2. The van der Waals surface area contributed by atoms with Gasteiger partial charge in [0.25, 0.3) is 5.91 Å². The van der Waals surface area contributed by atoms with E-state index >= 15 is 0 Å². The van der Waals surface area contributed by atoms with Gasteiger partial charge < -0.3 is 24.8 Å². The van der Waals surface area contributed by atoms with Crippen LogP contribution in [0.25, 0.3) is 0 Å². The Labute approximate surface area is 225 Å². The number of amides is 1. The molecular weight excluding hydrogens is 506 g/mol. The summed E-state index contributed by atoms with van der Waals surface area (Å²) in [6, 6.07) is 20.2. The summed E-state index contributed by atoms with van der Waals surface area (Å²) in [5.74, 6) is 1.67. The Kier molecular flexibility index (Phi) is 7.19. The normalized spacial score (nSPS) is 14.4. The van der Waals surface area contributed by atoms with Crippen LogP contribution in [0.15, 0.2) is 84.3 Å². The highest BCUT2D eigenvalue weighted by Gasteiger charge is 2.34. The summed E-state index contributed by atoms with van der Waals surface area (Å²) < 4.78 is 18.5. The molecule has 0 saturated carbocycles. The number of aromatic nitrogens is 3. The summed E-state index contributed by atoms with van der Waals surface area (Å²) in [4.78, 5) is 18.1. The van der Waals surface area contributed by atoms with Crippen LogP contribution in [0, 0.1) is 0 Å². The average Bonchev–Trinajstić information content (AvgIpc) is 3.40. The van der Waals surface area contributed by atoms with Gasteiger partial charge in [0, 0.05) is 17.8 Å². The number of carbonyl (C=O) groups is 1. The van der Waals surface area contributed by atoms with Crippen molar-refractivity contribution in [2.45, 2.75) is 19.6 Å². The predicted molar refractivity (Wildman–Crippen MR) is 145 cm³/mol. The van der Waals surface area contributed by atoms with Gasteiger partial charge in [-0.05, 0) is 30.2 Å². The van der Waals surface area contributed by atoms with Gasteiger partial charge >= 0.3 is 0 Å². The van der Waals surface area contributed by atoms with Crippen LogP contribution in [0.4, 0.5) is 11.6 Å². The highest BCUT2D eigenvalue weighted by molar-refractivity contribution is 6.32. The molecule has 0 aliphatic carbocycles. The topological polar surface area (TPSA) is 99.5 Å². The van der Waals surface area contributed by atoms with E-state index in [1.807, 2.05) is 61.5 Å². The lowest BCUT2D eigenvalue weighted by Crippen LogP contribution is -2.31. The summed E-state index contributed by atoms with van der Waals surface area (Å²) in [6.45, 7) is 2.25. The second-order valence-corrected chi connectivity index (χ2v) is 8.99. The first kappa shape index (κ1) is 25.2. The fourth-order valence-electron chi connectivity index (χ4n) is 4.36. The number of hydrogen-bond donors (Lipinski definition) is 2. The van der Waals surface area contributed by atoms with Crippen LogP contribution in [0.1, 0.15) is 24.1 Å². The molecule has 9 nitrogen and oxygen atoms in total. The number of rotatable bonds is 8. The van der Waals surface area contributed by atoms with Crippen molar-refractivity contribution in [3.05, 3.63) is 100 Å². The number of benzene rings is 3. The molecule has 10 heteroatoms. The molecule has 1 amide bonds. The first-order chi connectivity index (χ1) is 18.5. The Morgan fingerprint density at radius 2 is 1.84 bits per heavy atom. The monoisotopic (exact) mass is 531 g/mol. The number of anilines is 2. The molecule has 0 bridgehead atoms. The van der Waals surface area contributed by atoms with Gasteiger partial charge in [0.1, 0.15) is 36.2 Å². The molecule has 3 aromatic carbocycles. The van der Waals surface area contributed by atoms with Crippen LogP contribution >= 0.6 is 11.6 Å². The molecule has 0 saturated heterocycles. The number of nitrogens with one attached hydrogen (secondary N) is 2. The van der Waals surface area contributed by atoms with E-state index in [2.05, 4.69) is 20.7 Å². The highest BCUT2D eigenvalue weighted by atomic mass is 35.5. The van der Waals surface area contributed by atoms with Gasteiger partial charge in [-0.2, -0.15) is 10.1 Å². The minimum absolute atomic E-state index is 0.348. The zero-order valence-electron chi connectivity index (χ0n) is 21.1. The molecular formula is C28H26ClN5O4. The van der Waals surface area contributed by atoms with E-state index in [0.717, 1.165) is 11.1 Å². The van der Waals surface area contributed by atoms with Gasteiger partial charge in [-0.15, -0.1) is 0 Å². The molecule has 1 aromatic heterocycles. The van der Waals surface area contributed by atoms with Crippen molar-refractivity contribution < 1.29 is 19.0 Å². The summed E-state index contributed by atoms with van der Waals surface area (Å²) in [5.41, 5.74) is 3.39. The van der Waals surface area contributed by atoms with E-state index in [1.165, 1.54) is 20.5 Å². The van der Waals surface area contributed by atoms with Crippen LogP contribution in [-0.4, -0.2) is 34.9 Å². The lowest BCUT2D eigenvalue weighted by Gasteiger charge is -2.29. The number of halogens is 1. The molecule has 0 unspecified atom stereocenters. The Balaban J connectivity index is 1.49. The van der Waals surface area contributed by atoms with Gasteiger partial charge in [0.05, 0.1) is 30.5 Å². The number of nitrogens with zero attached hydrogens (tertiary/aromatic N) is 3. The minimum atomic E-state index is -0.561. The van der Waals surface area contributed by atoms with Gasteiger partial charge in [-0.25, -0.2) is 4.68 Å². The van der Waals surface area contributed by atoms with Gasteiger partial charge in [-0.1, -0.05) is 54.1 Å². The van der Waals surface area contributed by atoms with Crippen molar-refractivity contribution in [3.63, 3.8) is 0 Å². The van der Waals surface area contributed by atoms with Crippen LogP contribution in [-0.2, 0) is 11.4 Å². The number of fused-ring (bicyclic) bond motifs is 1. The molecule has 2 N–H and O–H groups in total. The molecule has 1 aliphatic heterocycles. The fourth-order valence-corrected chi connectivity index (χ4v) is 4.59. The number of ether oxygens (including phenoxy) is 3. The number of carbonyl (C=O) groups excluding carboxylic acids is 1. The van der Waals surface area contributed by atoms with E-state index in [4.69, 9.17) is 25.8 Å². The van der Waals surface area contributed by atoms with E-state index < -0.39 is 6.04 Å². The molecule has 0 radical (unpaired) electrons. The molecule has 1 aliphatic rings. The van der Waals surface area contributed by atoms with Gasteiger partial charge in [0.15, 0.2) is 0 Å². The van der Waals surface area contributed by atoms with Crippen molar-refractivity contribution >= 4 is 29.1 Å². The first-order valence-electron chi connectivity index (χ1n) is 11.9. The van der Waals surface area contributed by atoms with Crippen molar-refractivity contribution in [2.24, 2.45) is 0 Å². The Bertz CT molecular complexity index is 1500. The third kappa shape index (κ3) is 5.01. The van der Waals surface area contributed by atoms with Crippen LogP contribution in [0.5, 0.6) is 17.2 Å². The second-order valence-electron chi connectivity index (χ2n) is 8.58. The van der Waals surface area contributed by atoms with Gasteiger partial charge in [-0.3, -0.25) is 4.79 Å². The van der Waals surface area contributed by atoms with Crippen LogP contribution in [0.3, 0.4) is 0 Å². The third-order valence-corrected chi connectivity index (χ3v) is 6.48. The summed E-state index contributed by atoms with van der Waals surface area (Å²) in [7, 11) is 3.01. The van der Waals surface area contributed by atoms with E-state index in [1.54, 1.807) is 16.8 Å². The number of hydrogen-bond acceptors (Lipinski definition) is 7. The highest BCUT2D eigenvalue weighted by Crippen LogP contribution is 2.39. The maximum atomic E-state index is 13.8. The molecule has 2 heterocycles. The first-order valence-corrected chi connectivity index (χ1v) is 12.2. The summed E-state index contributed by atoms with van der Waals surface area (Å²) in [6.07, 6.45) is 1.45. The summed E-state index contributed by atoms with van der Waals surface area (Å²) in [5, 5.41) is 10.9. The second kappa shape index (κ2) is 10.9. The third-order valence-electron chi connectivity index (χ3n) is 6.18. The van der Waals surface area contributed by atoms with E-state index in [0.29, 0.717) is 51.8 Å². The largest absolute Gasteiger partial charge is 0.495 e. The number of allylic oxidation sites excluding steroid dienone is 1. The molecule has 38 heavy (non-hydrogen) atoms. The Hall–Kier alpha value is -4.50. The zero-order valence-corrected chi connectivity index (χ0v) is 21.8. The maximum absolute atomic E-state index is 13.8. The maximum Gasteiger partial charge on any atom is 0.255 e. The van der Waals surface area contributed by atoms with Crippen molar-refractivity contribution in [1.82, 2.24) is 14.8 Å². The quantitative estimate of drug-likeness (QED) is 0.311. The SMILES string of the molecule is COc1cc(NC(=O)C2=C(C)Nc3ncnn3[C@@H]2c2cccc(OCc3ccccc3)c2)c(OC)cc1Cl. The van der Waals surface area contributed by atoms with Crippen LogP contribution < -0.4 is 24.8 Å². The molecule has 5 rings (SSSR count).